The molecule has 1 aliphatic rings. The van der Waals surface area contributed by atoms with E-state index in [1.54, 1.807) is 0 Å². The zero-order valence-corrected chi connectivity index (χ0v) is 15.4. The summed E-state index contributed by atoms with van der Waals surface area (Å²) in [5, 5.41) is 14.4. The van der Waals surface area contributed by atoms with Crippen LogP contribution in [0.3, 0.4) is 0 Å². The smallest absolute Gasteiger partial charge is 0.263 e. The van der Waals surface area contributed by atoms with E-state index < -0.39 is 0 Å². The van der Waals surface area contributed by atoms with Crippen molar-refractivity contribution in [2.24, 2.45) is 0 Å². The molecule has 0 fully saturated rings. The maximum atomic E-state index is 12.5. The number of carbonyl (C=O) groups is 1. The Kier molecular flexibility index (Phi) is 4.45. The molecule has 24 heavy (non-hydrogen) atoms. The Morgan fingerprint density at radius 1 is 1.25 bits per heavy atom. The highest BCUT2D eigenvalue weighted by Gasteiger charge is 2.21. The highest BCUT2D eigenvalue weighted by molar-refractivity contribution is 7.14. The van der Waals surface area contributed by atoms with Crippen molar-refractivity contribution in [3.05, 3.63) is 44.6 Å². The lowest BCUT2D eigenvalue weighted by molar-refractivity contribution is 0.0948. The van der Waals surface area contributed by atoms with E-state index in [9.17, 15) is 4.79 Å². The Bertz CT molecular complexity index is 820. The molecule has 0 radical (unpaired) electrons. The third-order valence-corrected chi connectivity index (χ3v) is 5.56. The van der Waals surface area contributed by atoms with Gasteiger partial charge in [-0.1, -0.05) is 6.07 Å². The minimum Gasteiger partial charge on any atom is -0.354 e. The van der Waals surface area contributed by atoms with Crippen LogP contribution in [0.4, 0.5) is 11.4 Å². The molecule has 1 aliphatic carbocycles. The van der Waals surface area contributed by atoms with Crippen LogP contribution in [0.15, 0.2) is 18.2 Å². The Hall–Kier alpha value is -2.14. The number of hydrogen-bond donors (Lipinski definition) is 3. The molecule has 1 amide bonds. The van der Waals surface area contributed by atoms with Crippen LogP contribution in [0.5, 0.6) is 0 Å². The van der Waals surface area contributed by atoms with Crippen molar-refractivity contribution in [1.29, 1.82) is 5.41 Å². The molecule has 0 aliphatic heterocycles. The van der Waals surface area contributed by atoms with Crippen LogP contribution in [-0.4, -0.2) is 17.7 Å². The van der Waals surface area contributed by atoms with Crippen molar-refractivity contribution >= 4 is 34.3 Å². The molecule has 0 saturated carbocycles. The first kappa shape index (κ1) is 16.7. The summed E-state index contributed by atoms with van der Waals surface area (Å²) in [6, 6.07) is 6.22. The monoisotopic (exact) mass is 341 g/mol. The van der Waals surface area contributed by atoms with Crippen molar-refractivity contribution in [3.8, 4) is 0 Å². The van der Waals surface area contributed by atoms with E-state index >= 15 is 0 Å². The molecule has 0 saturated heterocycles. The van der Waals surface area contributed by atoms with Gasteiger partial charge >= 0.3 is 0 Å². The first-order valence-electron chi connectivity index (χ1n) is 8.25. The number of fused-ring (bicyclic) bond motifs is 1. The third kappa shape index (κ3) is 3.08. The molecule has 2 aromatic rings. The fourth-order valence-electron chi connectivity index (χ4n) is 2.98. The highest BCUT2D eigenvalue weighted by Crippen LogP contribution is 2.35. The summed E-state index contributed by atoms with van der Waals surface area (Å²) in [7, 11) is 0. The summed E-state index contributed by atoms with van der Waals surface area (Å²) in [6.07, 6.45) is 1.74. The van der Waals surface area contributed by atoms with E-state index in [4.69, 9.17) is 5.41 Å². The molecule has 126 valence electrons. The molecule has 0 unspecified atom stereocenters. The third-order valence-electron chi connectivity index (χ3n) is 4.36. The second kappa shape index (κ2) is 6.40. The average molecular weight is 341 g/mol. The Balaban J connectivity index is 1.93. The van der Waals surface area contributed by atoms with E-state index in [1.165, 1.54) is 16.9 Å². The predicted molar refractivity (Wildman–Crippen MR) is 101 cm³/mol. The summed E-state index contributed by atoms with van der Waals surface area (Å²) in [4.78, 5) is 14.4. The zero-order chi connectivity index (χ0) is 17.4. The van der Waals surface area contributed by atoms with Gasteiger partial charge in [0.15, 0.2) is 0 Å². The van der Waals surface area contributed by atoms with Gasteiger partial charge in [-0.05, 0) is 69.4 Å². The second-order valence-corrected chi connectivity index (χ2v) is 7.82. The number of anilines is 2. The molecule has 0 bridgehead atoms. The van der Waals surface area contributed by atoms with E-state index in [1.807, 2.05) is 39.8 Å². The van der Waals surface area contributed by atoms with E-state index in [-0.39, 0.29) is 11.9 Å². The minimum atomic E-state index is -0.0309. The van der Waals surface area contributed by atoms with Crippen LogP contribution in [0.25, 0.3) is 0 Å². The van der Waals surface area contributed by atoms with Crippen molar-refractivity contribution in [1.82, 2.24) is 5.32 Å². The lowest BCUT2D eigenvalue weighted by Gasteiger charge is -2.12. The highest BCUT2D eigenvalue weighted by atomic mass is 32.1. The van der Waals surface area contributed by atoms with Gasteiger partial charge in [0.25, 0.3) is 5.91 Å². The molecular weight excluding hydrogens is 318 g/mol. The number of benzene rings is 1. The Morgan fingerprint density at radius 3 is 2.71 bits per heavy atom. The summed E-state index contributed by atoms with van der Waals surface area (Å²) in [5.41, 5.74) is 5.96. The van der Waals surface area contributed by atoms with Gasteiger partial charge in [0.1, 0.15) is 4.88 Å². The molecule has 5 heteroatoms. The average Bonchev–Trinajstić information content (AvgIpc) is 3.02. The van der Waals surface area contributed by atoms with Gasteiger partial charge in [-0.2, -0.15) is 0 Å². The first-order chi connectivity index (χ1) is 11.4. The number of thiophene rings is 1. The van der Waals surface area contributed by atoms with E-state index in [0.717, 1.165) is 50.8 Å². The van der Waals surface area contributed by atoms with Crippen LogP contribution >= 0.6 is 11.3 Å². The van der Waals surface area contributed by atoms with E-state index in [2.05, 4.69) is 16.7 Å². The topological polar surface area (TPSA) is 65.0 Å². The zero-order valence-electron chi connectivity index (χ0n) is 14.5. The number of rotatable bonds is 4. The van der Waals surface area contributed by atoms with Crippen LogP contribution in [0.1, 0.15) is 51.5 Å². The maximum absolute atomic E-state index is 12.5. The van der Waals surface area contributed by atoms with Crippen LogP contribution < -0.4 is 10.6 Å². The SMILES string of the molecule is Cc1sc(C(=O)NC(C)C)c(Nc2ccc3c(c2)CCC3=N)c1C. The predicted octanol–water partition coefficient (Wildman–Crippen LogP) is 4.56. The number of carbonyl (C=O) groups excluding carboxylic acids is 1. The standard InChI is InChI=1S/C19H23N3OS/c1-10(2)21-19(23)18-17(11(3)12(4)24-18)22-14-6-7-15-13(9-14)5-8-16(15)20/h6-7,9-10,20,22H,5,8H2,1-4H3,(H,21,23). The molecule has 0 spiro atoms. The normalized spacial score (nSPS) is 13.3. The molecule has 1 aromatic heterocycles. The maximum Gasteiger partial charge on any atom is 0.263 e. The molecule has 1 heterocycles. The number of amides is 1. The summed E-state index contributed by atoms with van der Waals surface area (Å²) >= 11 is 1.53. The Morgan fingerprint density at radius 2 is 2.00 bits per heavy atom. The quantitative estimate of drug-likeness (QED) is 0.763. The molecule has 0 atom stereocenters. The van der Waals surface area contributed by atoms with Gasteiger partial charge in [-0.25, -0.2) is 0 Å². The summed E-state index contributed by atoms with van der Waals surface area (Å²) < 4.78 is 0. The van der Waals surface area contributed by atoms with Crippen molar-refractivity contribution in [2.45, 2.75) is 46.6 Å². The number of nitrogens with one attached hydrogen (secondary N) is 3. The van der Waals surface area contributed by atoms with Crippen molar-refractivity contribution < 1.29 is 4.79 Å². The van der Waals surface area contributed by atoms with E-state index in [0.29, 0.717) is 0 Å². The molecule has 3 rings (SSSR count). The van der Waals surface area contributed by atoms with Crippen LogP contribution in [-0.2, 0) is 6.42 Å². The largest absolute Gasteiger partial charge is 0.354 e. The minimum absolute atomic E-state index is 0.0309. The fourth-order valence-corrected chi connectivity index (χ4v) is 4.00. The van der Waals surface area contributed by atoms with Crippen LogP contribution in [0.2, 0.25) is 0 Å². The number of aryl methyl sites for hydroxylation is 2. The fraction of sp³-hybridized carbons (Fsp3) is 0.368. The van der Waals surface area contributed by atoms with Gasteiger partial charge in [0, 0.05) is 22.3 Å². The molecule has 1 aromatic carbocycles. The summed E-state index contributed by atoms with van der Waals surface area (Å²) in [6.45, 7) is 8.02. The lowest BCUT2D eigenvalue weighted by atomic mass is 10.1. The molecule has 3 N–H and O–H groups in total. The van der Waals surface area contributed by atoms with Crippen molar-refractivity contribution in [3.63, 3.8) is 0 Å². The van der Waals surface area contributed by atoms with Crippen molar-refractivity contribution in [2.75, 3.05) is 5.32 Å². The first-order valence-corrected chi connectivity index (χ1v) is 9.07. The summed E-state index contributed by atoms with van der Waals surface area (Å²) in [5.74, 6) is -0.0309. The van der Waals surface area contributed by atoms with Gasteiger partial charge in [0.05, 0.1) is 5.69 Å². The van der Waals surface area contributed by atoms with Crippen LogP contribution in [0, 0.1) is 19.3 Å². The van der Waals surface area contributed by atoms with Gasteiger partial charge < -0.3 is 16.0 Å². The number of hydrogen-bond acceptors (Lipinski definition) is 4. The molecule has 4 nitrogen and oxygen atoms in total. The van der Waals surface area contributed by atoms with Gasteiger partial charge in [0.2, 0.25) is 0 Å². The van der Waals surface area contributed by atoms with Gasteiger partial charge in [-0.15, -0.1) is 11.3 Å². The second-order valence-electron chi connectivity index (χ2n) is 6.59. The molecular formula is C19H23N3OS. The van der Waals surface area contributed by atoms with Gasteiger partial charge in [-0.3, -0.25) is 4.79 Å². The Labute approximate surface area is 146 Å². The lowest BCUT2D eigenvalue weighted by Crippen LogP contribution is -2.29.